The van der Waals surface area contributed by atoms with Gasteiger partial charge < -0.3 is 10.6 Å². The first-order valence-corrected chi connectivity index (χ1v) is 9.63. The van der Waals surface area contributed by atoms with Gasteiger partial charge in [0.25, 0.3) is 5.91 Å². The summed E-state index contributed by atoms with van der Waals surface area (Å²) in [6, 6.07) is 11.3. The molecule has 0 saturated carbocycles. The Hall–Kier alpha value is -3.39. The minimum absolute atomic E-state index is 0.0664. The number of carbonyl (C=O) groups is 2. The highest BCUT2D eigenvalue weighted by Crippen LogP contribution is 2.40. The first kappa shape index (κ1) is 23.3. The second kappa shape index (κ2) is 8.63. The molecular weight excluding hydrogens is 448 g/mol. The number of hydrogen-bond donors (Lipinski definition) is 1. The molecule has 4 nitrogen and oxygen atoms in total. The Morgan fingerprint density at radius 2 is 1.72 bits per heavy atom. The van der Waals surface area contributed by atoms with Crippen molar-refractivity contribution in [3.63, 3.8) is 0 Å². The molecule has 0 aliphatic rings. The third-order valence-corrected chi connectivity index (χ3v) is 5.28. The lowest BCUT2D eigenvalue weighted by atomic mass is 9.98. The van der Waals surface area contributed by atoms with Crippen LogP contribution < -0.4 is 10.6 Å². The molecule has 0 fully saturated rings. The smallest absolute Gasteiger partial charge is 0.366 e. The molecule has 0 unspecified atom stereocenters. The fourth-order valence-corrected chi connectivity index (χ4v) is 3.45. The second-order valence-corrected chi connectivity index (χ2v) is 7.50. The molecule has 0 aliphatic carbocycles. The van der Waals surface area contributed by atoms with Crippen molar-refractivity contribution in [3.8, 4) is 11.1 Å². The highest BCUT2D eigenvalue weighted by atomic mass is 35.5. The highest BCUT2D eigenvalue weighted by Gasteiger charge is 2.36. The molecule has 0 spiro atoms. The lowest BCUT2D eigenvalue weighted by molar-refractivity contribution is -0.137. The average molecular weight is 465 g/mol. The zero-order valence-electron chi connectivity index (χ0n) is 16.9. The van der Waals surface area contributed by atoms with Crippen molar-refractivity contribution in [1.82, 2.24) is 0 Å². The van der Waals surface area contributed by atoms with E-state index in [4.69, 9.17) is 17.3 Å². The number of halogens is 5. The Morgan fingerprint density at radius 1 is 1.03 bits per heavy atom. The normalized spacial score (nSPS) is 11.3. The van der Waals surface area contributed by atoms with E-state index < -0.39 is 35.1 Å². The molecule has 0 bridgehead atoms. The Kier molecular flexibility index (Phi) is 6.27. The molecule has 0 aliphatic heterocycles. The monoisotopic (exact) mass is 464 g/mol. The van der Waals surface area contributed by atoms with E-state index in [1.165, 1.54) is 49.4 Å². The van der Waals surface area contributed by atoms with Gasteiger partial charge in [-0.2, -0.15) is 13.2 Å². The Balaban J connectivity index is 2.13. The van der Waals surface area contributed by atoms with Gasteiger partial charge in [0.1, 0.15) is 5.82 Å². The maximum absolute atomic E-state index is 14.4. The molecule has 0 radical (unpaired) electrons. The zero-order valence-corrected chi connectivity index (χ0v) is 17.7. The van der Waals surface area contributed by atoms with Crippen molar-refractivity contribution in [3.05, 3.63) is 87.7 Å². The number of anilines is 1. The number of aryl methyl sites for hydroxylation is 1. The van der Waals surface area contributed by atoms with Gasteiger partial charge in [-0.05, 0) is 54.4 Å². The van der Waals surface area contributed by atoms with Gasteiger partial charge in [0.15, 0.2) is 0 Å². The van der Waals surface area contributed by atoms with E-state index in [1.807, 2.05) is 0 Å². The predicted molar refractivity (Wildman–Crippen MR) is 114 cm³/mol. The predicted octanol–water partition coefficient (Wildman–Crippen LogP) is 5.85. The van der Waals surface area contributed by atoms with Crippen molar-refractivity contribution < 1.29 is 27.2 Å². The van der Waals surface area contributed by atoms with Gasteiger partial charge in [0.2, 0.25) is 5.91 Å². The molecule has 166 valence electrons. The van der Waals surface area contributed by atoms with Crippen LogP contribution in [0.25, 0.3) is 11.1 Å². The fourth-order valence-electron chi connectivity index (χ4n) is 3.23. The number of primary amides is 1. The third kappa shape index (κ3) is 4.45. The van der Waals surface area contributed by atoms with Gasteiger partial charge in [-0.15, -0.1) is 0 Å². The van der Waals surface area contributed by atoms with Gasteiger partial charge in [-0.3, -0.25) is 9.59 Å². The summed E-state index contributed by atoms with van der Waals surface area (Å²) in [6.45, 7) is 1.45. The van der Waals surface area contributed by atoms with E-state index in [-0.39, 0.29) is 32.8 Å². The Labute approximate surface area is 186 Å². The van der Waals surface area contributed by atoms with Crippen molar-refractivity contribution >= 4 is 29.1 Å². The van der Waals surface area contributed by atoms with Crippen LogP contribution in [-0.4, -0.2) is 18.9 Å². The summed E-state index contributed by atoms with van der Waals surface area (Å²) in [6.07, 6.45) is -4.83. The molecule has 2 amide bonds. The summed E-state index contributed by atoms with van der Waals surface area (Å²) in [5, 5.41) is 0.113. The minimum atomic E-state index is -4.83. The molecule has 9 heteroatoms. The number of nitrogens with two attached hydrogens (primary N) is 1. The van der Waals surface area contributed by atoms with Crippen LogP contribution in [0.3, 0.4) is 0 Å². The van der Waals surface area contributed by atoms with Crippen LogP contribution in [0.4, 0.5) is 23.2 Å². The molecule has 3 aromatic rings. The van der Waals surface area contributed by atoms with E-state index in [9.17, 15) is 27.2 Å². The summed E-state index contributed by atoms with van der Waals surface area (Å²) in [5.41, 5.74) is 3.81. The van der Waals surface area contributed by atoms with E-state index in [0.29, 0.717) is 0 Å². The summed E-state index contributed by atoms with van der Waals surface area (Å²) in [4.78, 5) is 25.0. The summed E-state index contributed by atoms with van der Waals surface area (Å²) in [5.74, 6) is -2.50. The summed E-state index contributed by atoms with van der Waals surface area (Å²) >= 11 is 6.13. The SMILES string of the molecule is Cc1cccc(C(=O)N(C)c2ccc(-c3cc(C(N)=O)ccc3Cl)cc2C(F)(F)F)c1F. The molecule has 0 saturated heterocycles. The molecule has 0 aromatic heterocycles. The average Bonchev–Trinajstić information content (AvgIpc) is 2.74. The number of amides is 2. The topological polar surface area (TPSA) is 63.4 Å². The lowest BCUT2D eigenvalue weighted by Crippen LogP contribution is -2.29. The van der Waals surface area contributed by atoms with Crippen LogP contribution in [0.5, 0.6) is 0 Å². The van der Waals surface area contributed by atoms with E-state index >= 15 is 0 Å². The van der Waals surface area contributed by atoms with Crippen LogP contribution in [0.15, 0.2) is 54.6 Å². The van der Waals surface area contributed by atoms with Gasteiger partial charge in [0, 0.05) is 23.2 Å². The van der Waals surface area contributed by atoms with Gasteiger partial charge in [0.05, 0.1) is 16.8 Å². The maximum Gasteiger partial charge on any atom is 0.418 e. The molecule has 3 aromatic carbocycles. The van der Waals surface area contributed by atoms with Crippen molar-refractivity contribution in [2.45, 2.75) is 13.1 Å². The van der Waals surface area contributed by atoms with Crippen LogP contribution in [0, 0.1) is 12.7 Å². The van der Waals surface area contributed by atoms with Crippen LogP contribution in [-0.2, 0) is 6.18 Å². The van der Waals surface area contributed by atoms with Crippen LogP contribution in [0.2, 0.25) is 5.02 Å². The second-order valence-electron chi connectivity index (χ2n) is 7.09. The largest absolute Gasteiger partial charge is 0.418 e. The number of nitrogens with zero attached hydrogens (tertiary/aromatic N) is 1. The Bertz CT molecular complexity index is 1230. The van der Waals surface area contributed by atoms with Crippen molar-refractivity contribution in [1.29, 1.82) is 0 Å². The minimum Gasteiger partial charge on any atom is -0.366 e. The van der Waals surface area contributed by atoms with Crippen LogP contribution in [0.1, 0.15) is 31.8 Å². The van der Waals surface area contributed by atoms with Gasteiger partial charge >= 0.3 is 6.18 Å². The number of rotatable bonds is 4. The first-order valence-electron chi connectivity index (χ1n) is 9.26. The third-order valence-electron chi connectivity index (χ3n) is 4.95. The van der Waals surface area contributed by atoms with E-state index in [0.717, 1.165) is 24.1 Å². The van der Waals surface area contributed by atoms with E-state index in [2.05, 4.69) is 0 Å². The van der Waals surface area contributed by atoms with Crippen molar-refractivity contribution in [2.24, 2.45) is 5.73 Å². The Morgan fingerprint density at radius 3 is 2.34 bits per heavy atom. The number of carbonyl (C=O) groups excluding carboxylic acids is 2. The highest BCUT2D eigenvalue weighted by molar-refractivity contribution is 6.33. The maximum atomic E-state index is 14.4. The molecule has 0 atom stereocenters. The zero-order chi connectivity index (χ0) is 23.8. The molecular formula is C23H17ClF4N2O2. The number of hydrogen-bond acceptors (Lipinski definition) is 2. The summed E-state index contributed by atoms with van der Waals surface area (Å²) < 4.78 is 56.1. The molecule has 3 rings (SSSR count). The van der Waals surface area contributed by atoms with Crippen LogP contribution >= 0.6 is 11.6 Å². The number of alkyl halides is 3. The molecule has 32 heavy (non-hydrogen) atoms. The van der Waals surface area contributed by atoms with Crippen molar-refractivity contribution in [2.75, 3.05) is 11.9 Å². The first-order chi connectivity index (χ1) is 14.9. The molecule has 2 N–H and O–H groups in total. The lowest BCUT2D eigenvalue weighted by Gasteiger charge is -2.23. The van der Waals surface area contributed by atoms with Gasteiger partial charge in [-0.25, -0.2) is 4.39 Å². The van der Waals surface area contributed by atoms with E-state index in [1.54, 1.807) is 0 Å². The fraction of sp³-hybridized carbons (Fsp3) is 0.130. The van der Waals surface area contributed by atoms with Gasteiger partial charge in [-0.1, -0.05) is 29.8 Å². The summed E-state index contributed by atoms with van der Waals surface area (Å²) in [7, 11) is 1.13. The standard InChI is InChI=1S/C23H17ClF4N2O2/c1-12-4-3-5-15(20(12)25)22(32)30(2)19-9-7-13(11-17(19)23(26,27)28)16-10-14(21(29)31)6-8-18(16)24/h3-11H,1-2H3,(H2,29,31). The number of benzene rings is 3. The molecule has 0 heterocycles. The quantitative estimate of drug-likeness (QED) is 0.492.